The number of aliphatic hydroxyl groups excluding tert-OH is 1. The normalized spacial score (nSPS) is 16.4. The lowest BCUT2D eigenvalue weighted by Crippen LogP contribution is -2.25. The van der Waals surface area contributed by atoms with E-state index >= 15 is 0 Å². The number of nitrogens with zero attached hydrogens (tertiary/aromatic N) is 1. The van der Waals surface area contributed by atoms with Gasteiger partial charge in [-0.15, -0.1) is 0 Å². The summed E-state index contributed by atoms with van der Waals surface area (Å²) in [6.07, 6.45) is 4.61. The smallest absolute Gasteiger partial charge is 0.251 e. The SMILES string of the molecule is OCc1ccnc(OC2CCC2)c1F. The van der Waals surface area contributed by atoms with E-state index in [0.717, 1.165) is 19.3 Å². The minimum absolute atomic E-state index is 0.0150. The number of halogens is 1. The number of pyridine rings is 1. The predicted octanol–water partition coefficient (Wildman–Crippen LogP) is 1.64. The molecule has 0 unspecified atom stereocenters. The quantitative estimate of drug-likeness (QED) is 0.801. The minimum Gasteiger partial charge on any atom is -0.472 e. The van der Waals surface area contributed by atoms with Gasteiger partial charge in [-0.2, -0.15) is 0 Å². The lowest BCUT2D eigenvalue weighted by atomic mass is 9.96. The molecule has 14 heavy (non-hydrogen) atoms. The van der Waals surface area contributed by atoms with Gasteiger partial charge in [0.2, 0.25) is 0 Å². The van der Waals surface area contributed by atoms with E-state index in [2.05, 4.69) is 4.98 Å². The predicted molar refractivity (Wildman–Crippen MR) is 48.4 cm³/mol. The Bertz CT molecular complexity index is 326. The van der Waals surface area contributed by atoms with E-state index in [0.29, 0.717) is 0 Å². The lowest BCUT2D eigenvalue weighted by Gasteiger charge is -2.25. The van der Waals surface area contributed by atoms with E-state index in [4.69, 9.17) is 9.84 Å². The summed E-state index contributed by atoms with van der Waals surface area (Å²) in [7, 11) is 0. The molecule has 1 aromatic heterocycles. The highest BCUT2D eigenvalue weighted by Crippen LogP contribution is 2.26. The highest BCUT2D eigenvalue weighted by molar-refractivity contribution is 5.23. The molecule has 1 fully saturated rings. The molecule has 0 bridgehead atoms. The third-order valence-corrected chi connectivity index (χ3v) is 2.44. The van der Waals surface area contributed by atoms with Crippen molar-refractivity contribution in [1.82, 2.24) is 4.98 Å². The Labute approximate surface area is 81.5 Å². The van der Waals surface area contributed by atoms with Gasteiger partial charge in [0.25, 0.3) is 5.88 Å². The Balaban J connectivity index is 2.15. The van der Waals surface area contributed by atoms with Gasteiger partial charge in [-0.3, -0.25) is 0 Å². The summed E-state index contributed by atoms with van der Waals surface area (Å²) in [5.41, 5.74) is 0.231. The van der Waals surface area contributed by atoms with E-state index in [1.54, 1.807) is 0 Å². The number of rotatable bonds is 3. The molecule has 76 valence electrons. The molecule has 1 N–H and O–H groups in total. The molecule has 4 heteroatoms. The molecule has 0 atom stereocenters. The molecular formula is C10H12FNO2. The van der Waals surface area contributed by atoms with Crippen molar-refractivity contribution in [3.63, 3.8) is 0 Å². The zero-order valence-corrected chi connectivity index (χ0v) is 7.74. The number of aliphatic hydroxyl groups is 1. The van der Waals surface area contributed by atoms with Crippen molar-refractivity contribution in [2.75, 3.05) is 0 Å². The molecule has 0 aromatic carbocycles. The van der Waals surface area contributed by atoms with Crippen LogP contribution in [0.15, 0.2) is 12.3 Å². The largest absolute Gasteiger partial charge is 0.472 e. The fourth-order valence-corrected chi connectivity index (χ4v) is 1.31. The molecule has 1 aliphatic carbocycles. The first kappa shape index (κ1) is 9.40. The summed E-state index contributed by atoms with van der Waals surface area (Å²) in [4.78, 5) is 3.80. The summed E-state index contributed by atoms with van der Waals surface area (Å²) in [6.45, 7) is -0.324. The summed E-state index contributed by atoms with van der Waals surface area (Å²) in [5.74, 6) is -0.525. The zero-order chi connectivity index (χ0) is 9.97. The van der Waals surface area contributed by atoms with Crippen LogP contribution in [0.25, 0.3) is 0 Å². The molecule has 1 saturated carbocycles. The fourth-order valence-electron chi connectivity index (χ4n) is 1.31. The van der Waals surface area contributed by atoms with Crippen LogP contribution in [0.3, 0.4) is 0 Å². The van der Waals surface area contributed by atoms with Crippen molar-refractivity contribution in [2.45, 2.75) is 32.0 Å². The summed E-state index contributed by atoms with van der Waals surface area (Å²) in [5, 5.41) is 8.82. The number of hydrogen-bond donors (Lipinski definition) is 1. The van der Waals surface area contributed by atoms with Crippen LogP contribution in [0.5, 0.6) is 5.88 Å². The highest BCUT2D eigenvalue weighted by Gasteiger charge is 2.21. The second-order valence-corrected chi connectivity index (χ2v) is 3.42. The molecule has 0 aliphatic heterocycles. The molecule has 0 saturated heterocycles. The second kappa shape index (κ2) is 3.92. The van der Waals surface area contributed by atoms with E-state index in [1.165, 1.54) is 12.3 Å². The first-order chi connectivity index (χ1) is 6.81. The van der Waals surface area contributed by atoms with E-state index in [9.17, 15) is 4.39 Å². The average molecular weight is 197 g/mol. The van der Waals surface area contributed by atoms with Crippen LogP contribution < -0.4 is 4.74 Å². The Morgan fingerprint density at radius 3 is 2.93 bits per heavy atom. The molecule has 0 spiro atoms. The van der Waals surface area contributed by atoms with Gasteiger partial charge in [-0.25, -0.2) is 9.37 Å². The Morgan fingerprint density at radius 2 is 2.36 bits per heavy atom. The Hall–Kier alpha value is -1.16. The van der Waals surface area contributed by atoms with Crippen molar-refractivity contribution in [3.05, 3.63) is 23.6 Å². The molecule has 0 amide bonds. The fraction of sp³-hybridized carbons (Fsp3) is 0.500. The first-order valence-electron chi connectivity index (χ1n) is 4.72. The molecule has 1 aliphatic rings. The van der Waals surface area contributed by atoms with E-state index in [1.807, 2.05) is 0 Å². The first-order valence-corrected chi connectivity index (χ1v) is 4.72. The van der Waals surface area contributed by atoms with Crippen LogP contribution in [0.1, 0.15) is 24.8 Å². The van der Waals surface area contributed by atoms with Crippen LogP contribution in [-0.2, 0) is 6.61 Å². The average Bonchev–Trinajstić information content (AvgIpc) is 2.13. The van der Waals surface area contributed by atoms with Crippen LogP contribution in [0, 0.1) is 5.82 Å². The molecule has 1 aromatic rings. The van der Waals surface area contributed by atoms with Crippen LogP contribution >= 0.6 is 0 Å². The molecule has 0 radical (unpaired) electrons. The minimum atomic E-state index is -0.540. The topological polar surface area (TPSA) is 42.4 Å². The van der Waals surface area contributed by atoms with Gasteiger partial charge in [0, 0.05) is 11.8 Å². The Kier molecular flexibility index (Phi) is 2.63. The van der Waals surface area contributed by atoms with Gasteiger partial charge < -0.3 is 9.84 Å². The van der Waals surface area contributed by atoms with Gasteiger partial charge in [-0.1, -0.05) is 0 Å². The van der Waals surface area contributed by atoms with Gasteiger partial charge in [-0.05, 0) is 25.3 Å². The van der Waals surface area contributed by atoms with Crippen LogP contribution in [-0.4, -0.2) is 16.2 Å². The lowest BCUT2D eigenvalue weighted by molar-refractivity contribution is 0.108. The van der Waals surface area contributed by atoms with Crippen LogP contribution in [0.2, 0.25) is 0 Å². The zero-order valence-electron chi connectivity index (χ0n) is 7.74. The van der Waals surface area contributed by atoms with Crippen molar-refractivity contribution < 1.29 is 14.2 Å². The van der Waals surface area contributed by atoms with Crippen molar-refractivity contribution in [3.8, 4) is 5.88 Å². The molecule has 2 rings (SSSR count). The maximum absolute atomic E-state index is 13.4. The van der Waals surface area contributed by atoms with E-state index < -0.39 is 5.82 Å². The maximum atomic E-state index is 13.4. The van der Waals surface area contributed by atoms with Crippen molar-refractivity contribution in [1.29, 1.82) is 0 Å². The van der Waals surface area contributed by atoms with Gasteiger partial charge in [0.15, 0.2) is 5.82 Å². The summed E-state index contributed by atoms with van der Waals surface area (Å²) >= 11 is 0. The van der Waals surface area contributed by atoms with E-state index in [-0.39, 0.29) is 24.2 Å². The standard InChI is InChI=1S/C10H12FNO2/c11-9-7(6-13)4-5-12-10(9)14-8-2-1-3-8/h4-5,8,13H,1-3,6H2. The second-order valence-electron chi connectivity index (χ2n) is 3.42. The number of ether oxygens (including phenoxy) is 1. The van der Waals surface area contributed by atoms with Crippen LogP contribution in [0.4, 0.5) is 4.39 Å². The van der Waals surface area contributed by atoms with Gasteiger partial charge in [0.05, 0.1) is 6.61 Å². The molecular weight excluding hydrogens is 185 g/mol. The molecule has 3 nitrogen and oxygen atoms in total. The highest BCUT2D eigenvalue weighted by atomic mass is 19.1. The van der Waals surface area contributed by atoms with Gasteiger partial charge in [0.1, 0.15) is 6.10 Å². The third-order valence-electron chi connectivity index (χ3n) is 2.44. The summed E-state index contributed by atoms with van der Waals surface area (Å²) in [6, 6.07) is 1.45. The Morgan fingerprint density at radius 1 is 1.57 bits per heavy atom. The summed E-state index contributed by atoms with van der Waals surface area (Å²) < 4.78 is 18.8. The van der Waals surface area contributed by atoms with Crippen molar-refractivity contribution >= 4 is 0 Å². The number of aromatic nitrogens is 1. The molecule has 1 heterocycles. The van der Waals surface area contributed by atoms with Gasteiger partial charge >= 0.3 is 0 Å². The third kappa shape index (κ3) is 1.70. The number of hydrogen-bond acceptors (Lipinski definition) is 3. The van der Waals surface area contributed by atoms with Crippen molar-refractivity contribution in [2.24, 2.45) is 0 Å². The monoisotopic (exact) mass is 197 g/mol. The maximum Gasteiger partial charge on any atom is 0.251 e.